The van der Waals surface area contributed by atoms with Crippen LogP contribution in [0.25, 0.3) is 0 Å². The molecule has 0 bridgehead atoms. The van der Waals surface area contributed by atoms with Crippen molar-refractivity contribution in [1.29, 1.82) is 0 Å². The van der Waals surface area contributed by atoms with Gasteiger partial charge in [0.1, 0.15) is 12.4 Å². The first-order valence-electron chi connectivity index (χ1n) is 11.5. The molecule has 3 aliphatic rings. The fraction of sp³-hybridized carbons (Fsp3) is 0.556. The van der Waals surface area contributed by atoms with Crippen LogP contribution in [0.3, 0.4) is 0 Å². The average Bonchev–Trinajstić information content (AvgIpc) is 3.10. The molecule has 0 heterocycles. The van der Waals surface area contributed by atoms with Crippen LogP contribution in [0, 0.1) is 23.2 Å². The zero-order valence-corrected chi connectivity index (χ0v) is 17.8. The third kappa shape index (κ3) is 3.30. The Bertz CT molecular complexity index is 858. The summed E-state index contributed by atoms with van der Waals surface area (Å²) < 4.78 is 6.09. The van der Waals surface area contributed by atoms with E-state index in [0.717, 1.165) is 17.6 Å². The van der Waals surface area contributed by atoms with Crippen LogP contribution in [0.5, 0.6) is 5.75 Å². The predicted octanol–water partition coefficient (Wildman–Crippen LogP) is 6.12. The van der Waals surface area contributed by atoms with Crippen LogP contribution in [0.1, 0.15) is 68.6 Å². The van der Waals surface area contributed by atoms with Gasteiger partial charge in [-0.15, -0.1) is 0 Å². The van der Waals surface area contributed by atoms with Crippen molar-refractivity contribution in [3.8, 4) is 5.75 Å². The number of fused-ring (bicyclic) bond motifs is 5. The van der Waals surface area contributed by atoms with Crippen molar-refractivity contribution in [3.63, 3.8) is 0 Å². The molecule has 2 nitrogen and oxygen atoms in total. The first-order valence-corrected chi connectivity index (χ1v) is 11.5. The number of aryl methyl sites for hydroxylation is 1. The van der Waals surface area contributed by atoms with Gasteiger partial charge in [0, 0.05) is 0 Å². The van der Waals surface area contributed by atoms with E-state index in [4.69, 9.17) is 4.74 Å². The molecule has 0 amide bonds. The average molecular weight is 391 g/mol. The summed E-state index contributed by atoms with van der Waals surface area (Å²) in [5.74, 6) is 3.77. The monoisotopic (exact) mass is 390 g/mol. The van der Waals surface area contributed by atoms with Gasteiger partial charge in [-0.05, 0) is 103 Å². The fourth-order valence-corrected chi connectivity index (χ4v) is 7.22. The van der Waals surface area contributed by atoms with Crippen molar-refractivity contribution in [1.82, 2.24) is 0 Å². The SMILES string of the molecule is CC(O)C1CC[C@H]2[C@@H]3CCc4cc(OCc5ccccc5)ccc4[C@H]3CC[C@]12C. The Morgan fingerprint density at radius 1 is 1.07 bits per heavy atom. The maximum absolute atomic E-state index is 10.4. The van der Waals surface area contributed by atoms with Gasteiger partial charge in [0.15, 0.2) is 0 Å². The van der Waals surface area contributed by atoms with Crippen molar-refractivity contribution in [2.24, 2.45) is 23.2 Å². The molecule has 0 aliphatic heterocycles. The summed E-state index contributed by atoms with van der Waals surface area (Å²) in [6.45, 7) is 5.12. The Morgan fingerprint density at radius 3 is 2.69 bits per heavy atom. The topological polar surface area (TPSA) is 29.5 Å². The molecule has 2 heteroatoms. The highest BCUT2D eigenvalue weighted by Crippen LogP contribution is 2.63. The van der Waals surface area contributed by atoms with E-state index in [1.54, 1.807) is 5.56 Å². The summed E-state index contributed by atoms with van der Waals surface area (Å²) in [6, 6.07) is 17.2. The fourth-order valence-electron chi connectivity index (χ4n) is 7.22. The van der Waals surface area contributed by atoms with Gasteiger partial charge in [-0.1, -0.05) is 43.3 Å². The molecule has 2 aromatic carbocycles. The van der Waals surface area contributed by atoms with Crippen LogP contribution in [-0.2, 0) is 13.0 Å². The maximum Gasteiger partial charge on any atom is 0.120 e. The molecule has 5 rings (SSSR count). The number of benzene rings is 2. The number of hydrogen-bond acceptors (Lipinski definition) is 2. The smallest absolute Gasteiger partial charge is 0.120 e. The number of aliphatic hydroxyl groups excluding tert-OH is 1. The number of aliphatic hydroxyl groups is 1. The summed E-state index contributed by atoms with van der Waals surface area (Å²) in [5, 5.41) is 10.4. The van der Waals surface area contributed by atoms with Gasteiger partial charge < -0.3 is 9.84 Å². The van der Waals surface area contributed by atoms with Crippen LogP contribution < -0.4 is 4.74 Å². The molecule has 2 fully saturated rings. The van der Waals surface area contributed by atoms with Crippen LogP contribution in [-0.4, -0.2) is 11.2 Å². The predicted molar refractivity (Wildman–Crippen MR) is 117 cm³/mol. The quantitative estimate of drug-likeness (QED) is 0.681. The molecule has 2 saturated carbocycles. The minimum absolute atomic E-state index is 0.165. The summed E-state index contributed by atoms with van der Waals surface area (Å²) in [7, 11) is 0. The Hall–Kier alpha value is -1.80. The minimum atomic E-state index is -0.165. The molecule has 0 saturated heterocycles. The highest BCUT2D eigenvalue weighted by molar-refractivity contribution is 5.41. The van der Waals surface area contributed by atoms with Crippen molar-refractivity contribution in [3.05, 3.63) is 65.2 Å². The summed E-state index contributed by atoms with van der Waals surface area (Å²) in [5.41, 5.74) is 4.64. The molecule has 0 aromatic heterocycles. The zero-order valence-electron chi connectivity index (χ0n) is 17.8. The standard InChI is InChI=1S/C27H34O2/c1-18(28)25-12-13-26-24-10-8-20-16-21(29-17-19-6-4-3-5-7-19)9-11-22(20)23(24)14-15-27(25,26)2/h3-7,9,11,16,18,23-26,28H,8,10,12-15,17H2,1-2H3/t18?,23-,24-,25?,26+,27-/m1/s1. The van der Waals surface area contributed by atoms with Gasteiger partial charge >= 0.3 is 0 Å². The second-order valence-electron chi connectivity index (χ2n) is 10.0. The molecule has 6 atom stereocenters. The van der Waals surface area contributed by atoms with E-state index in [0.29, 0.717) is 23.9 Å². The van der Waals surface area contributed by atoms with Crippen LogP contribution >= 0.6 is 0 Å². The molecule has 2 unspecified atom stereocenters. The molecule has 0 spiro atoms. The lowest BCUT2D eigenvalue weighted by atomic mass is 9.54. The maximum atomic E-state index is 10.4. The minimum Gasteiger partial charge on any atom is -0.489 e. The Labute approximate surface area is 175 Å². The lowest BCUT2D eigenvalue weighted by Crippen LogP contribution is -2.44. The molecule has 0 radical (unpaired) electrons. The normalized spacial score (nSPS) is 34.0. The third-order valence-electron chi connectivity index (χ3n) is 8.60. The summed E-state index contributed by atoms with van der Waals surface area (Å²) in [6.07, 6.45) is 7.36. The molecule has 3 aliphatic carbocycles. The Morgan fingerprint density at radius 2 is 1.90 bits per heavy atom. The van der Waals surface area contributed by atoms with Crippen molar-refractivity contribution >= 4 is 0 Å². The molecule has 1 N–H and O–H groups in total. The van der Waals surface area contributed by atoms with E-state index in [1.165, 1.54) is 49.7 Å². The molecule has 154 valence electrons. The Balaban J connectivity index is 1.33. The van der Waals surface area contributed by atoms with Crippen LogP contribution in [0.15, 0.2) is 48.5 Å². The molecule has 29 heavy (non-hydrogen) atoms. The Kier molecular flexibility index (Phi) is 4.94. The van der Waals surface area contributed by atoms with Gasteiger partial charge in [-0.2, -0.15) is 0 Å². The van der Waals surface area contributed by atoms with E-state index in [2.05, 4.69) is 49.4 Å². The highest BCUT2D eigenvalue weighted by Gasteiger charge is 2.55. The number of rotatable bonds is 4. The number of ether oxygens (including phenoxy) is 1. The van der Waals surface area contributed by atoms with Gasteiger partial charge in [0.05, 0.1) is 6.10 Å². The largest absolute Gasteiger partial charge is 0.489 e. The van der Waals surface area contributed by atoms with E-state index in [-0.39, 0.29) is 6.10 Å². The summed E-state index contributed by atoms with van der Waals surface area (Å²) >= 11 is 0. The van der Waals surface area contributed by atoms with Gasteiger partial charge in [-0.25, -0.2) is 0 Å². The molecule has 2 aromatic rings. The van der Waals surface area contributed by atoms with Gasteiger partial charge in [-0.3, -0.25) is 0 Å². The van der Waals surface area contributed by atoms with Gasteiger partial charge in [0.2, 0.25) is 0 Å². The van der Waals surface area contributed by atoms with E-state index < -0.39 is 0 Å². The van der Waals surface area contributed by atoms with Crippen LogP contribution in [0.2, 0.25) is 0 Å². The van der Waals surface area contributed by atoms with Crippen molar-refractivity contribution in [2.75, 3.05) is 0 Å². The molecular weight excluding hydrogens is 356 g/mol. The lowest BCUT2D eigenvalue weighted by molar-refractivity contribution is -0.0180. The van der Waals surface area contributed by atoms with E-state index >= 15 is 0 Å². The van der Waals surface area contributed by atoms with Crippen molar-refractivity contribution < 1.29 is 9.84 Å². The third-order valence-corrected chi connectivity index (χ3v) is 8.60. The molecular formula is C27H34O2. The first-order chi connectivity index (χ1) is 14.1. The first kappa shape index (κ1) is 19.2. The van der Waals surface area contributed by atoms with E-state index in [9.17, 15) is 5.11 Å². The van der Waals surface area contributed by atoms with Crippen molar-refractivity contribution in [2.45, 2.75) is 71.0 Å². The van der Waals surface area contributed by atoms with Gasteiger partial charge in [0.25, 0.3) is 0 Å². The zero-order chi connectivity index (χ0) is 20.0. The summed E-state index contributed by atoms with van der Waals surface area (Å²) in [4.78, 5) is 0. The van der Waals surface area contributed by atoms with Crippen LogP contribution in [0.4, 0.5) is 0 Å². The van der Waals surface area contributed by atoms with E-state index in [1.807, 2.05) is 13.0 Å². The lowest BCUT2D eigenvalue weighted by Gasteiger charge is -2.51. The second kappa shape index (κ2) is 7.47. The highest BCUT2D eigenvalue weighted by atomic mass is 16.5. The number of hydrogen-bond donors (Lipinski definition) is 1. The second-order valence-corrected chi connectivity index (χ2v) is 10.0.